The molecule has 0 aliphatic heterocycles. The summed E-state index contributed by atoms with van der Waals surface area (Å²) in [6, 6.07) is 7.41. The summed E-state index contributed by atoms with van der Waals surface area (Å²) in [4.78, 5) is 0. The molecule has 0 aliphatic carbocycles. The minimum absolute atomic E-state index is 0.0933. The molecule has 1 aromatic rings. The largest absolute Gasteiger partial charge is 0.330 e. The summed E-state index contributed by atoms with van der Waals surface area (Å²) in [5.74, 6) is 0.0933. The van der Waals surface area contributed by atoms with Crippen LogP contribution in [0.3, 0.4) is 0 Å². The molecular formula is C15H26N2O2S. The molecular weight excluding hydrogens is 272 g/mol. The lowest BCUT2D eigenvalue weighted by atomic mass is 9.85. The Hall–Kier alpha value is -1.07. The van der Waals surface area contributed by atoms with Gasteiger partial charge in [-0.3, -0.25) is 4.72 Å². The van der Waals surface area contributed by atoms with Crippen LogP contribution in [0.25, 0.3) is 0 Å². The number of sulfonamides is 1. The van der Waals surface area contributed by atoms with Crippen molar-refractivity contribution in [3.05, 3.63) is 29.8 Å². The molecule has 0 radical (unpaired) electrons. The lowest BCUT2D eigenvalue weighted by Gasteiger charge is -2.23. The number of hydrogen-bond acceptors (Lipinski definition) is 3. The van der Waals surface area contributed by atoms with Crippen LogP contribution >= 0.6 is 0 Å². The first-order valence-electron chi connectivity index (χ1n) is 6.76. The van der Waals surface area contributed by atoms with Gasteiger partial charge in [0.1, 0.15) is 0 Å². The zero-order valence-corrected chi connectivity index (χ0v) is 13.8. The Morgan fingerprint density at radius 3 is 1.95 bits per heavy atom. The van der Waals surface area contributed by atoms with E-state index in [0.29, 0.717) is 12.2 Å². The zero-order valence-electron chi connectivity index (χ0n) is 13.0. The van der Waals surface area contributed by atoms with Crippen molar-refractivity contribution in [2.45, 2.75) is 40.0 Å². The van der Waals surface area contributed by atoms with E-state index in [2.05, 4.69) is 18.6 Å². The van der Waals surface area contributed by atoms with Crippen molar-refractivity contribution < 1.29 is 8.42 Å². The van der Waals surface area contributed by atoms with Crippen molar-refractivity contribution in [3.8, 4) is 0 Å². The number of anilines is 1. The molecule has 0 saturated heterocycles. The second-order valence-electron chi connectivity index (χ2n) is 7.09. The first kappa shape index (κ1) is 17.0. The van der Waals surface area contributed by atoms with Gasteiger partial charge < -0.3 is 5.73 Å². The van der Waals surface area contributed by atoms with E-state index < -0.39 is 10.0 Å². The third-order valence-electron chi connectivity index (χ3n) is 3.07. The van der Waals surface area contributed by atoms with Crippen LogP contribution in [0.2, 0.25) is 0 Å². The molecule has 0 fully saturated rings. The molecule has 0 unspecified atom stereocenters. The summed E-state index contributed by atoms with van der Waals surface area (Å²) in [7, 11) is -3.32. The Labute approximate surface area is 122 Å². The van der Waals surface area contributed by atoms with Gasteiger partial charge in [0.05, 0.1) is 5.75 Å². The third kappa shape index (κ3) is 5.13. The van der Waals surface area contributed by atoms with Crippen molar-refractivity contribution in [1.29, 1.82) is 0 Å². The average molecular weight is 298 g/mol. The van der Waals surface area contributed by atoms with Crippen LogP contribution in [0.4, 0.5) is 5.69 Å². The molecule has 5 heteroatoms. The Balaban J connectivity index is 2.86. The normalized spacial score (nSPS) is 13.3. The van der Waals surface area contributed by atoms with Crippen LogP contribution in [0.5, 0.6) is 0 Å². The molecule has 1 rings (SSSR count). The monoisotopic (exact) mass is 298 g/mol. The summed E-state index contributed by atoms with van der Waals surface area (Å²) < 4.78 is 26.7. The van der Waals surface area contributed by atoms with E-state index >= 15 is 0 Å². The molecule has 4 nitrogen and oxygen atoms in total. The van der Waals surface area contributed by atoms with Gasteiger partial charge in [0.2, 0.25) is 10.0 Å². The highest BCUT2D eigenvalue weighted by atomic mass is 32.2. The van der Waals surface area contributed by atoms with Crippen LogP contribution in [0.15, 0.2) is 24.3 Å². The first-order chi connectivity index (χ1) is 8.95. The van der Waals surface area contributed by atoms with E-state index in [1.165, 1.54) is 0 Å². The number of nitrogens with one attached hydrogen (secondary N) is 1. The molecule has 20 heavy (non-hydrogen) atoms. The Bertz CT molecular complexity index is 540. The van der Waals surface area contributed by atoms with E-state index in [4.69, 9.17) is 5.73 Å². The number of benzene rings is 1. The molecule has 0 atom stereocenters. The van der Waals surface area contributed by atoms with E-state index in [1.54, 1.807) is 12.1 Å². The predicted molar refractivity (Wildman–Crippen MR) is 85.4 cm³/mol. The molecule has 3 N–H and O–H groups in total. The van der Waals surface area contributed by atoms with Gasteiger partial charge in [-0.2, -0.15) is 0 Å². The second kappa shape index (κ2) is 5.74. The van der Waals surface area contributed by atoms with Crippen LogP contribution in [-0.2, 0) is 15.4 Å². The quantitative estimate of drug-likeness (QED) is 0.878. The summed E-state index contributed by atoms with van der Waals surface area (Å²) in [5.41, 5.74) is 7.04. The molecule has 0 bridgehead atoms. The van der Waals surface area contributed by atoms with E-state index in [9.17, 15) is 8.42 Å². The summed E-state index contributed by atoms with van der Waals surface area (Å²) in [6.45, 7) is 10.4. The summed E-state index contributed by atoms with van der Waals surface area (Å²) in [5, 5.41) is 0. The number of hydrogen-bond donors (Lipinski definition) is 2. The van der Waals surface area contributed by atoms with Crippen LogP contribution in [0.1, 0.15) is 40.2 Å². The van der Waals surface area contributed by atoms with E-state index in [-0.39, 0.29) is 16.6 Å². The Kier molecular flexibility index (Phi) is 4.87. The highest BCUT2D eigenvalue weighted by Gasteiger charge is 2.22. The van der Waals surface area contributed by atoms with Crippen molar-refractivity contribution in [3.63, 3.8) is 0 Å². The van der Waals surface area contributed by atoms with Crippen molar-refractivity contribution >= 4 is 15.7 Å². The first-order valence-corrected chi connectivity index (χ1v) is 8.42. The second-order valence-corrected chi connectivity index (χ2v) is 8.81. The zero-order chi connectivity index (χ0) is 15.6. The van der Waals surface area contributed by atoms with Crippen LogP contribution in [-0.4, -0.2) is 20.7 Å². The minimum Gasteiger partial charge on any atom is -0.330 e. The molecule has 0 heterocycles. The van der Waals surface area contributed by atoms with Gasteiger partial charge in [-0.15, -0.1) is 0 Å². The molecule has 0 aliphatic rings. The summed E-state index contributed by atoms with van der Waals surface area (Å²) >= 11 is 0. The lowest BCUT2D eigenvalue weighted by Crippen LogP contribution is -2.28. The molecule has 0 aromatic heterocycles. The molecule has 0 spiro atoms. The topological polar surface area (TPSA) is 72.2 Å². The smallest absolute Gasteiger partial charge is 0.233 e. The number of nitrogens with two attached hydrogens (primary N) is 1. The third-order valence-corrected chi connectivity index (χ3v) is 4.87. The SMILES string of the molecule is CC(C)(C)CS(=O)(=O)Nc1ccc(C(C)(C)CN)cc1. The maximum Gasteiger partial charge on any atom is 0.233 e. The van der Waals surface area contributed by atoms with Crippen molar-refractivity contribution in [2.24, 2.45) is 11.1 Å². The standard InChI is InChI=1S/C15H26N2O2S/c1-14(2,3)11-20(18,19)17-13-8-6-12(7-9-13)15(4,5)10-16/h6-9,17H,10-11,16H2,1-5H3. The van der Waals surface area contributed by atoms with Gasteiger partial charge in [-0.25, -0.2) is 8.42 Å². The highest BCUT2D eigenvalue weighted by Crippen LogP contribution is 2.24. The van der Waals surface area contributed by atoms with E-state index in [0.717, 1.165) is 5.56 Å². The molecule has 0 amide bonds. The molecule has 114 valence electrons. The van der Waals surface area contributed by atoms with Crippen LogP contribution in [0, 0.1) is 5.41 Å². The Morgan fingerprint density at radius 2 is 1.55 bits per heavy atom. The molecule has 1 aromatic carbocycles. The number of rotatable bonds is 5. The van der Waals surface area contributed by atoms with Gasteiger partial charge >= 0.3 is 0 Å². The van der Waals surface area contributed by atoms with Gasteiger partial charge in [-0.05, 0) is 23.1 Å². The lowest BCUT2D eigenvalue weighted by molar-refractivity contribution is 0.463. The van der Waals surface area contributed by atoms with Gasteiger partial charge in [0.15, 0.2) is 0 Å². The average Bonchev–Trinajstić information content (AvgIpc) is 2.25. The fraction of sp³-hybridized carbons (Fsp3) is 0.600. The maximum absolute atomic E-state index is 12.0. The van der Waals surface area contributed by atoms with Gasteiger partial charge in [-0.1, -0.05) is 46.8 Å². The van der Waals surface area contributed by atoms with Gasteiger partial charge in [0.25, 0.3) is 0 Å². The van der Waals surface area contributed by atoms with Crippen molar-refractivity contribution in [1.82, 2.24) is 0 Å². The Morgan fingerprint density at radius 1 is 1.05 bits per heavy atom. The predicted octanol–water partition coefficient (Wildman–Crippen LogP) is 2.71. The minimum atomic E-state index is -3.32. The fourth-order valence-corrected chi connectivity index (χ4v) is 3.60. The van der Waals surface area contributed by atoms with Gasteiger partial charge in [0, 0.05) is 17.6 Å². The molecule has 0 saturated carbocycles. The van der Waals surface area contributed by atoms with Crippen LogP contribution < -0.4 is 10.5 Å². The maximum atomic E-state index is 12.0. The summed E-state index contributed by atoms with van der Waals surface area (Å²) in [6.07, 6.45) is 0. The van der Waals surface area contributed by atoms with E-state index in [1.807, 2.05) is 32.9 Å². The fourth-order valence-electron chi connectivity index (χ4n) is 1.89. The highest BCUT2D eigenvalue weighted by molar-refractivity contribution is 7.92. The van der Waals surface area contributed by atoms with Crippen molar-refractivity contribution in [2.75, 3.05) is 17.0 Å².